The summed E-state index contributed by atoms with van der Waals surface area (Å²) in [6.07, 6.45) is 1.69. The van der Waals surface area contributed by atoms with Gasteiger partial charge in [0.15, 0.2) is 0 Å². The van der Waals surface area contributed by atoms with Crippen LogP contribution in [0.4, 0.5) is 0 Å². The Balaban J connectivity index is 2.43. The van der Waals surface area contributed by atoms with Crippen molar-refractivity contribution in [2.75, 3.05) is 0 Å². The number of rotatable bonds is 1. The van der Waals surface area contributed by atoms with Crippen LogP contribution < -0.4 is 11.2 Å². The van der Waals surface area contributed by atoms with Gasteiger partial charge in [-0.25, -0.2) is 4.79 Å². The molecular weight excluding hydrogens is 313 g/mol. The Bertz CT molecular complexity index is 982. The molecule has 0 radical (unpaired) electrons. The third-order valence-corrected chi connectivity index (χ3v) is 4.26. The maximum Gasteiger partial charge on any atom is 0.332 e. The molecule has 3 rings (SSSR count). The summed E-state index contributed by atoms with van der Waals surface area (Å²) in [4.78, 5) is 27.3. The molecular formula is C14H11Cl2N3O2. The number of halogens is 2. The molecule has 0 atom stereocenters. The lowest BCUT2D eigenvalue weighted by molar-refractivity contribution is 0.710. The van der Waals surface area contributed by atoms with Gasteiger partial charge in [-0.3, -0.25) is 13.9 Å². The predicted octanol–water partition coefficient (Wildman–Crippen LogP) is 2.54. The lowest BCUT2D eigenvalue weighted by Gasteiger charge is -2.05. The van der Waals surface area contributed by atoms with E-state index in [2.05, 4.69) is 4.98 Å². The van der Waals surface area contributed by atoms with Gasteiger partial charge >= 0.3 is 5.69 Å². The summed E-state index contributed by atoms with van der Waals surface area (Å²) >= 11 is 11.9. The average molecular weight is 324 g/mol. The smallest absolute Gasteiger partial charge is 0.332 e. The lowest BCUT2D eigenvalue weighted by Crippen LogP contribution is -2.36. The number of hydrogen-bond acceptors (Lipinski definition) is 2. The molecule has 0 amide bonds. The van der Waals surface area contributed by atoms with Gasteiger partial charge in [0.1, 0.15) is 5.65 Å². The number of fused-ring (bicyclic) bond motifs is 1. The van der Waals surface area contributed by atoms with Crippen LogP contribution in [0, 0.1) is 0 Å². The minimum Gasteiger partial charge on any atom is -0.347 e. The van der Waals surface area contributed by atoms with Crippen molar-refractivity contribution in [3.63, 3.8) is 0 Å². The Hall–Kier alpha value is -1.98. The van der Waals surface area contributed by atoms with Gasteiger partial charge in [0, 0.05) is 25.9 Å². The standard InChI is InChI=1S/C14H11Cl2N3O2/c1-18-12-11(13(20)19(2)14(18)21)8(6-17-12)7-3-4-9(15)10(16)5-7/h3-6,17H,1-2H3. The number of H-pyrrole nitrogens is 1. The van der Waals surface area contributed by atoms with E-state index in [0.717, 1.165) is 10.1 Å². The van der Waals surface area contributed by atoms with Crippen LogP contribution in [0.15, 0.2) is 34.0 Å². The second-order valence-corrected chi connectivity index (χ2v) is 5.58. The molecule has 21 heavy (non-hydrogen) atoms. The van der Waals surface area contributed by atoms with Crippen LogP contribution in [-0.4, -0.2) is 14.1 Å². The van der Waals surface area contributed by atoms with Gasteiger partial charge in [0.05, 0.1) is 15.4 Å². The molecule has 0 unspecified atom stereocenters. The first kappa shape index (κ1) is 14.0. The molecule has 0 saturated carbocycles. The van der Waals surface area contributed by atoms with Gasteiger partial charge in [0.25, 0.3) is 5.56 Å². The molecule has 0 aliphatic carbocycles. The highest BCUT2D eigenvalue weighted by Crippen LogP contribution is 2.31. The maximum absolute atomic E-state index is 12.4. The van der Waals surface area contributed by atoms with E-state index in [4.69, 9.17) is 23.2 Å². The number of aromatic nitrogens is 3. The fourth-order valence-electron chi connectivity index (χ4n) is 2.36. The summed E-state index contributed by atoms with van der Waals surface area (Å²) in [5.41, 5.74) is 1.18. The van der Waals surface area contributed by atoms with Crippen molar-refractivity contribution >= 4 is 34.2 Å². The monoisotopic (exact) mass is 323 g/mol. The van der Waals surface area contributed by atoms with Crippen molar-refractivity contribution < 1.29 is 0 Å². The second kappa shape index (κ2) is 4.79. The molecule has 1 aromatic carbocycles. The summed E-state index contributed by atoms with van der Waals surface area (Å²) in [6, 6.07) is 5.14. The molecule has 2 heterocycles. The Labute approximate surface area is 129 Å². The zero-order chi connectivity index (χ0) is 15.3. The van der Waals surface area contributed by atoms with Gasteiger partial charge < -0.3 is 4.98 Å². The van der Waals surface area contributed by atoms with Crippen molar-refractivity contribution in [2.24, 2.45) is 14.1 Å². The molecule has 3 aromatic rings. The average Bonchev–Trinajstić information content (AvgIpc) is 2.90. The van der Waals surface area contributed by atoms with E-state index in [1.54, 1.807) is 31.4 Å². The van der Waals surface area contributed by atoms with Crippen LogP contribution in [0.25, 0.3) is 22.2 Å². The van der Waals surface area contributed by atoms with E-state index in [1.807, 2.05) is 0 Å². The summed E-state index contributed by atoms with van der Waals surface area (Å²) in [5, 5.41) is 1.30. The maximum atomic E-state index is 12.4. The number of aromatic amines is 1. The molecule has 108 valence electrons. The molecule has 1 N–H and O–H groups in total. The first-order chi connectivity index (χ1) is 9.91. The van der Waals surface area contributed by atoms with E-state index in [-0.39, 0.29) is 11.2 Å². The van der Waals surface area contributed by atoms with E-state index in [9.17, 15) is 9.59 Å². The van der Waals surface area contributed by atoms with Crippen molar-refractivity contribution in [3.8, 4) is 11.1 Å². The van der Waals surface area contributed by atoms with E-state index in [0.29, 0.717) is 26.6 Å². The summed E-state index contributed by atoms with van der Waals surface area (Å²) in [7, 11) is 3.06. The van der Waals surface area contributed by atoms with Gasteiger partial charge in [-0.2, -0.15) is 0 Å². The third kappa shape index (κ3) is 2.01. The molecule has 5 nitrogen and oxygen atoms in total. The second-order valence-electron chi connectivity index (χ2n) is 4.76. The van der Waals surface area contributed by atoms with Crippen LogP contribution in [0.3, 0.4) is 0 Å². The van der Waals surface area contributed by atoms with Gasteiger partial charge in [-0.05, 0) is 17.7 Å². The Morgan fingerprint density at radius 2 is 1.76 bits per heavy atom. The van der Waals surface area contributed by atoms with Crippen LogP contribution in [0.2, 0.25) is 10.0 Å². The van der Waals surface area contributed by atoms with Crippen molar-refractivity contribution in [3.05, 3.63) is 55.3 Å². The summed E-state index contributed by atoms with van der Waals surface area (Å²) < 4.78 is 2.48. The van der Waals surface area contributed by atoms with Crippen LogP contribution in [0.5, 0.6) is 0 Å². The Morgan fingerprint density at radius 1 is 1.05 bits per heavy atom. The molecule has 0 aliphatic heterocycles. The number of nitrogens with zero attached hydrogens (tertiary/aromatic N) is 2. The molecule has 0 bridgehead atoms. The highest BCUT2D eigenvalue weighted by molar-refractivity contribution is 6.42. The first-order valence-electron chi connectivity index (χ1n) is 6.14. The minimum atomic E-state index is -0.380. The van der Waals surface area contributed by atoms with Crippen molar-refractivity contribution in [1.29, 1.82) is 0 Å². The van der Waals surface area contributed by atoms with Crippen LogP contribution in [-0.2, 0) is 14.1 Å². The summed E-state index contributed by atoms with van der Waals surface area (Å²) in [6.45, 7) is 0. The molecule has 7 heteroatoms. The Morgan fingerprint density at radius 3 is 2.43 bits per heavy atom. The predicted molar refractivity (Wildman–Crippen MR) is 84.2 cm³/mol. The van der Waals surface area contributed by atoms with E-state index >= 15 is 0 Å². The van der Waals surface area contributed by atoms with Crippen LogP contribution >= 0.6 is 23.2 Å². The van der Waals surface area contributed by atoms with Crippen molar-refractivity contribution in [1.82, 2.24) is 14.1 Å². The zero-order valence-electron chi connectivity index (χ0n) is 11.3. The van der Waals surface area contributed by atoms with E-state index < -0.39 is 0 Å². The van der Waals surface area contributed by atoms with E-state index in [1.165, 1.54) is 11.6 Å². The summed E-state index contributed by atoms with van der Waals surface area (Å²) in [5.74, 6) is 0. The fraction of sp³-hybridized carbons (Fsp3) is 0.143. The number of hydrogen-bond donors (Lipinski definition) is 1. The highest BCUT2D eigenvalue weighted by atomic mass is 35.5. The van der Waals surface area contributed by atoms with Crippen LogP contribution in [0.1, 0.15) is 0 Å². The van der Waals surface area contributed by atoms with Gasteiger partial charge in [-0.1, -0.05) is 29.3 Å². The molecule has 0 aliphatic rings. The van der Waals surface area contributed by atoms with Crippen molar-refractivity contribution in [2.45, 2.75) is 0 Å². The topological polar surface area (TPSA) is 59.8 Å². The number of benzene rings is 1. The minimum absolute atomic E-state index is 0.351. The molecule has 0 fully saturated rings. The van der Waals surface area contributed by atoms with Gasteiger partial charge in [-0.15, -0.1) is 0 Å². The zero-order valence-corrected chi connectivity index (χ0v) is 12.8. The largest absolute Gasteiger partial charge is 0.347 e. The number of aryl methyl sites for hydroxylation is 1. The quantitative estimate of drug-likeness (QED) is 0.748. The fourth-order valence-corrected chi connectivity index (χ4v) is 2.66. The molecule has 2 aromatic heterocycles. The molecule has 0 saturated heterocycles. The third-order valence-electron chi connectivity index (χ3n) is 3.52. The Kier molecular flexibility index (Phi) is 3.19. The SMILES string of the molecule is Cn1c(=O)c2c(-c3ccc(Cl)c(Cl)c3)c[nH]c2n(C)c1=O. The molecule has 0 spiro atoms. The van der Waals surface area contributed by atoms with Gasteiger partial charge in [0.2, 0.25) is 0 Å². The first-order valence-corrected chi connectivity index (χ1v) is 6.90. The number of nitrogens with one attached hydrogen (secondary N) is 1. The highest BCUT2D eigenvalue weighted by Gasteiger charge is 2.15. The lowest BCUT2D eigenvalue weighted by atomic mass is 10.1. The normalized spacial score (nSPS) is 11.2.